The van der Waals surface area contributed by atoms with Crippen molar-refractivity contribution in [3.05, 3.63) is 48.0 Å². The summed E-state index contributed by atoms with van der Waals surface area (Å²) < 4.78 is 36.7. The van der Waals surface area contributed by atoms with Crippen molar-refractivity contribution in [2.75, 3.05) is 0 Å². The van der Waals surface area contributed by atoms with Crippen molar-refractivity contribution in [1.29, 1.82) is 0 Å². The number of unbranched alkanes of at least 4 members (excludes halogenated alkanes) is 7. The van der Waals surface area contributed by atoms with E-state index in [1.165, 1.54) is 68.9 Å². The summed E-state index contributed by atoms with van der Waals surface area (Å²) in [5, 5.41) is 12.3. The van der Waals surface area contributed by atoms with Crippen LogP contribution in [0.25, 0.3) is 0 Å². The predicted molar refractivity (Wildman–Crippen MR) is 109 cm³/mol. The van der Waals surface area contributed by atoms with Gasteiger partial charge in [-0.05, 0) is 49.2 Å². The Hall–Kier alpha value is -1.05. The van der Waals surface area contributed by atoms with Gasteiger partial charge in [-0.3, -0.25) is 4.55 Å². The topological polar surface area (TPSA) is 86.7 Å². The predicted octanol–water partition coefficient (Wildman–Crippen LogP) is 2.49. The molecule has 0 aromatic heterocycles. The van der Waals surface area contributed by atoms with Crippen LogP contribution in [0.3, 0.4) is 0 Å². The minimum Gasteiger partial charge on any atom is -0.872 e. The molecule has 0 fully saturated rings. The monoisotopic (exact) mass is 428 g/mol. The summed E-state index contributed by atoms with van der Waals surface area (Å²) in [6.07, 6.45) is 10.6. The minimum absolute atomic E-state index is 0. The Labute approximate surface area is 196 Å². The third kappa shape index (κ3) is 9.53. The third-order valence-electron chi connectivity index (χ3n) is 4.70. The van der Waals surface area contributed by atoms with Gasteiger partial charge >= 0.3 is 29.6 Å². The normalized spacial score (nSPS) is 11.1. The first-order chi connectivity index (χ1) is 13.4. The molecule has 2 rings (SSSR count). The number of hydrogen-bond acceptors (Lipinski definition) is 4. The number of aryl methyl sites for hydroxylation is 1. The van der Waals surface area contributed by atoms with Crippen molar-refractivity contribution in [2.24, 2.45) is 0 Å². The molecule has 0 radical (unpaired) electrons. The number of hydrogen-bond donors (Lipinski definition) is 1. The van der Waals surface area contributed by atoms with Crippen molar-refractivity contribution in [3.63, 3.8) is 0 Å². The van der Waals surface area contributed by atoms with E-state index in [-0.39, 0.29) is 40.2 Å². The van der Waals surface area contributed by atoms with E-state index in [9.17, 15) is 13.5 Å². The largest absolute Gasteiger partial charge is 1.00 e. The summed E-state index contributed by atoms with van der Waals surface area (Å²) in [5.74, 6) is 0.752. The average Bonchev–Trinajstić information content (AvgIpc) is 2.65. The van der Waals surface area contributed by atoms with E-state index in [1.807, 2.05) is 0 Å². The van der Waals surface area contributed by atoms with Crippen LogP contribution in [0.2, 0.25) is 0 Å². The summed E-state index contributed by atoms with van der Waals surface area (Å²) in [4.78, 5) is -0.204. The molecule has 2 aromatic rings. The van der Waals surface area contributed by atoms with Crippen LogP contribution >= 0.6 is 0 Å². The maximum Gasteiger partial charge on any atom is 1.00 e. The third-order valence-corrected chi connectivity index (χ3v) is 5.56. The molecule has 0 saturated carbocycles. The molecule has 0 spiro atoms. The van der Waals surface area contributed by atoms with Crippen LogP contribution in [0.15, 0.2) is 47.4 Å². The number of ether oxygens (including phenoxy) is 1. The maximum absolute atomic E-state index is 12.3. The second-order valence-electron chi connectivity index (χ2n) is 7.04. The van der Waals surface area contributed by atoms with Crippen LogP contribution < -0.4 is 39.4 Å². The van der Waals surface area contributed by atoms with E-state index < -0.39 is 10.1 Å². The second kappa shape index (κ2) is 13.3. The molecule has 154 valence electrons. The number of benzene rings is 2. The maximum atomic E-state index is 12.3. The summed E-state index contributed by atoms with van der Waals surface area (Å²) in [5.41, 5.74) is 0.792. The van der Waals surface area contributed by atoms with Crippen LogP contribution in [0.4, 0.5) is 0 Å². The van der Waals surface area contributed by atoms with Crippen LogP contribution in [-0.4, -0.2) is 13.0 Å². The smallest absolute Gasteiger partial charge is 0.872 e. The molecule has 0 heterocycles. The molecule has 1 N–H and O–H groups in total. The molecular weight excluding hydrogens is 399 g/mol. The average molecular weight is 429 g/mol. The molecule has 7 heteroatoms. The van der Waals surface area contributed by atoms with Gasteiger partial charge in [-0.2, -0.15) is 8.42 Å². The molecule has 0 amide bonds. The van der Waals surface area contributed by atoms with Crippen molar-refractivity contribution in [2.45, 2.75) is 69.6 Å². The van der Waals surface area contributed by atoms with E-state index in [2.05, 4.69) is 6.92 Å². The zero-order chi connectivity index (χ0) is 20.4. The Morgan fingerprint density at radius 3 is 1.97 bits per heavy atom. The fraction of sp³-hybridized carbons (Fsp3) is 0.455. The first-order valence-corrected chi connectivity index (χ1v) is 11.4. The number of rotatable bonds is 12. The zero-order valence-electron chi connectivity index (χ0n) is 17.4. The van der Waals surface area contributed by atoms with Gasteiger partial charge in [0.15, 0.2) is 0 Å². The fourth-order valence-corrected chi connectivity index (χ4v) is 3.55. The molecule has 29 heavy (non-hydrogen) atoms. The van der Waals surface area contributed by atoms with Crippen molar-refractivity contribution < 1.29 is 52.4 Å². The summed E-state index contributed by atoms with van der Waals surface area (Å²) >= 11 is 0. The Bertz CT molecular complexity index is 835. The molecular formula is C22H29NaO5S. The van der Waals surface area contributed by atoms with Gasteiger partial charge in [0, 0.05) is 0 Å². The van der Waals surface area contributed by atoms with Gasteiger partial charge in [-0.25, -0.2) is 0 Å². The van der Waals surface area contributed by atoms with Gasteiger partial charge in [0.1, 0.15) is 11.5 Å². The van der Waals surface area contributed by atoms with Gasteiger partial charge in [0.2, 0.25) is 0 Å². The zero-order valence-corrected chi connectivity index (χ0v) is 20.2. The van der Waals surface area contributed by atoms with E-state index in [0.717, 1.165) is 24.8 Å². The minimum atomic E-state index is -4.23. The van der Waals surface area contributed by atoms with Crippen LogP contribution in [0.5, 0.6) is 17.2 Å². The molecule has 0 saturated heterocycles. The summed E-state index contributed by atoms with van der Waals surface area (Å²) in [6.45, 7) is 2.22. The SMILES string of the molecule is CCCCCCCCCCc1ccc(Oc2ccc(S(=O)(=O)O)cc2)cc1[O-].[Na+]. The van der Waals surface area contributed by atoms with Crippen LogP contribution in [0.1, 0.15) is 63.9 Å². The quantitative estimate of drug-likeness (QED) is 0.319. The van der Waals surface area contributed by atoms with Gasteiger partial charge in [-0.15, -0.1) is 5.75 Å². The van der Waals surface area contributed by atoms with E-state index >= 15 is 0 Å². The van der Waals surface area contributed by atoms with Gasteiger partial charge in [0.25, 0.3) is 10.1 Å². The first-order valence-electron chi connectivity index (χ1n) is 9.95. The van der Waals surface area contributed by atoms with Crippen molar-refractivity contribution >= 4 is 10.1 Å². The van der Waals surface area contributed by atoms with Crippen molar-refractivity contribution in [1.82, 2.24) is 0 Å². The molecule has 0 atom stereocenters. The van der Waals surface area contributed by atoms with E-state index in [4.69, 9.17) is 9.29 Å². The van der Waals surface area contributed by atoms with Crippen molar-refractivity contribution in [3.8, 4) is 17.2 Å². The van der Waals surface area contributed by atoms with E-state index in [1.54, 1.807) is 12.1 Å². The van der Waals surface area contributed by atoms with Gasteiger partial charge in [0.05, 0.1) is 4.90 Å². The molecule has 2 aromatic carbocycles. The van der Waals surface area contributed by atoms with E-state index in [0.29, 0.717) is 11.5 Å². The van der Waals surface area contributed by atoms with Gasteiger partial charge in [-0.1, -0.05) is 63.5 Å². The molecule has 0 bridgehead atoms. The Morgan fingerprint density at radius 2 is 1.41 bits per heavy atom. The summed E-state index contributed by atoms with van der Waals surface area (Å²) in [6, 6.07) is 10.4. The second-order valence-corrected chi connectivity index (χ2v) is 8.46. The Balaban J connectivity index is 0.00000420. The first kappa shape index (κ1) is 26.0. The standard InChI is InChI=1S/C22H30O5S.Na/c1-2-3-4-5-6-7-8-9-10-18-11-12-20(17-22(18)23)27-19-13-15-21(16-14-19)28(24,25)26;/h11-17,23H,2-10H2,1H3,(H,24,25,26);/q;+1/p-1. The molecule has 0 aliphatic carbocycles. The molecule has 0 aliphatic rings. The Kier molecular flexibility index (Phi) is 11.9. The molecule has 5 nitrogen and oxygen atoms in total. The summed E-state index contributed by atoms with van der Waals surface area (Å²) in [7, 11) is -4.23. The van der Waals surface area contributed by atoms with Crippen LogP contribution in [0, 0.1) is 0 Å². The molecule has 0 aliphatic heterocycles. The van der Waals surface area contributed by atoms with Gasteiger partial charge < -0.3 is 9.84 Å². The fourth-order valence-electron chi connectivity index (χ4n) is 3.07. The Morgan fingerprint density at radius 1 is 0.862 bits per heavy atom. The molecule has 0 unspecified atom stereocenters. The van der Waals surface area contributed by atoms with Crippen LogP contribution in [-0.2, 0) is 16.5 Å².